The minimum atomic E-state index is -1.58. The number of hydrogen-bond acceptors (Lipinski definition) is 8. The first kappa shape index (κ1) is 60.9. The van der Waals surface area contributed by atoms with Gasteiger partial charge in [-0.2, -0.15) is 0 Å². The summed E-state index contributed by atoms with van der Waals surface area (Å²) in [5, 5.41) is 54.4. The van der Waals surface area contributed by atoms with Gasteiger partial charge in [-0.15, -0.1) is 0 Å². The van der Waals surface area contributed by atoms with Crippen LogP contribution in [0.5, 0.6) is 0 Å². The molecule has 0 aliphatic carbocycles. The van der Waals surface area contributed by atoms with Gasteiger partial charge >= 0.3 is 0 Å². The smallest absolute Gasteiger partial charge is 0.220 e. The largest absolute Gasteiger partial charge is 0.394 e. The van der Waals surface area contributed by atoms with E-state index in [9.17, 15) is 30.3 Å². The molecule has 1 aliphatic heterocycles. The number of carbonyl (C=O) groups is 1. The number of hydrogen-bond donors (Lipinski definition) is 6. The van der Waals surface area contributed by atoms with Crippen LogP contribution in [0.1, 0.15) is 232 Å². The van der Waals surface area contributed by atoms with E-state index in [1.807, 2.05) is 6.08 Å². The number of ether oxygens (including phenoxy) is 2. The molecule has 9 heteroatoms. The van der Waals surface area contributed by atoms with E-state index in [4.69, 9.17) is 9.47 Å². The van der Waals surface area contributed by atoms with E-state index in [1.165, 1.54) is 148 Å². The number of nitrogens with one attached hydrogen (secondary N) is 1. The molecule has 9 nitrogen and oxygen atoms in total. The lowest BCUT2D eigenvalue weighted by molar-refractivity contribution is -0.302. The zero-order valence-electron chi connectivity index (χ0n) is 41.7. The number of aliphatic hydroxyl groups is 5. The predicted molar refractivity (Wildman–Crippen MR) is 272 cm³/mol. The maximum Gasteiger partial charge on any atom is 0.220 e. The fourth-order valence-electron chi connectivity index (χ4n) is 8.22. The topological polar surface area (TPSA) is 149 Å². The summed E-state index contributed by atoms with van der Waals surface area (Å²) in [6, 6.07) is -0.833. The molecule has 0 radical (unpaired) electrons. The van der Waals surface area contributed by atoms with E-state index in [2.05, 4.69) is 67.8 Å². The highest BCUT2D eigenvalue weighted by Gasteiger charge is 2.44. The zero-order valence-corrected chi connectivity index (χ0v) is 41.7. The molecule has 378 valence electrons. The van der Waals surface area contributed by atoms with Crippen LogP contribution in [-0.2, 0) is 14.3 Å². The lowest BCUT2D eigenvalue weighted by Crippen LogP contribution is -2.60. The molecule has 1 saturated heterocycles. The molecule has 1 rings (SSSR count). The van der Waals surface area contributed by atoms with Gasteiger partial charge < -0.3 is 40.3 Å². The molecule has 65 heavy (non-hydrogen) atoms. The van der Waals surface area contributed by atoms with Crippen LogP contribution in [0.3, 0.4) is 0 Å². The van der Waals surface area contributed by atoms with Crippen molar-refractivity contribution in [1.29, 1.82) is 0 Å². The zero-order chi connectivity index (χ0) is 47.3. The Morgan fingerprint density at radius 1 is 0.523 bits per heavy atom. The second-order valence-electron chi connectivity index (χ2n) is 18.6. The maximum atomic E-state index is 13.0. The summed E-state index contributed by atoms with van der Waals surface area (Å²) < 4.78 is 11.2. The quantitative estimate of drug-likeness (QED) is 0.0261. The maximum absolute atomic E-state index is 13.0. The van der Waals surface area contributed by atoms with Crippen LogP contribution in [0.15, 0.2) is 60.8 Å². The minimum absolute atomic E-state index is 0.196. The van der Waals surface area contributed by atoms with Gasteiger partial charge in [0.05, 0.1) is 25.4 Å². The average molecular weight is 916 g/mol. The van der Waals surface area contributed by atoms with E-state index < -0.39 is 49.5 Å². The van der Waals surface area contributed by atoms with Crippen LogP contribution in [0.4, 0.5) is 0 Å². The van der Waals surface area contributed by atoms with Crippen molar-refractivity contribution in [2.75, 3.05) is 13.2 Å². The lowest BCUT2D eigenvalue weighted by atomic mass is 9.99. The fraction of sp³-hybridized carbons (Fsp3) is 0.804. The van der Waals surface area contributed by atoms with Gasteiger partial charge in [0.15, 0.2) is 6.29 Å². The summed E-state index contributed by atoms with van der Waals surface area (Å²) in [6.07, 6.45) is 54.1. The Morgan fingerprint density at radius 3 is 1.38 bits per heavy atom. The Balaban J connectivity index is 2.32. The lowest BCUT2D eigenvalue weighted by Gasteiger charge is -2.40. The summed E-state index contributed by atoms with van der Waals surface area (Å²) >= 11 is 0. The third kappa shape index (κ3) is 35.7. The SMILES string of the molecule is CCCCCCC/C=C\C/C=C\CCCCCCCCCCCC(=O)NC(COC1OC(CO)C(O)C(O)C1O)C(O)/C=C/CC/C=C/CC/C=C/CCCCCCCCCCCCC. The highest BCUT2D eigenvalue weighted by atomic mass is 16.7. The van der Waals surface area contributed by atoms with Crippen LogP contribution < -0.4 is 5.32 Å². The van der Waals surface area contributed by atoms with E-state index in [-0.39, 0.29) is 12.5 Å². The fourth-order valence-corrected chi connectivity index (χ4v) is 8.22. The van der Waals surface area contributed by atoms with Crippen molar-refractivity contribution in [3.63, 3.8) is 0 Å². The normalized spacial score (nSPS) is 20.4. The van der Waals surface area contributed by atoms with Gasteiger partial charge in [0.2, 0.25) is 5.91 Å². The Bertz CT molecular complexity index is 1200. The van der Waals surface area contributed by atoms with Gasteiger partial charge in [0.25, 0.3) is 0 Å². The molecule has 7 atom stereocenters. The van der Waals surface area contributed by atoms with Gasteiger partial charge in [-0.3, -0.25) is 4.79 Å². The number of allylic oxidation sites excluding steroid dienone is 9. The second-order valence-corrected chi connectivity index (χ2v) is 18.6. The van der Waals surface area contributed by atoms with Gasteiger partial charge in [0, 0.05) is 6.42 Å². The molecule has 0 spiro atoms. The molecular weight excluding hydrogens is 815 g/mol. The number of rotatable bonds is 45. The average Bonchev–Trinajstić information content (AvgIpc) is 3.31. The first-order valence-corrected chi connectivity index (χ1v) is 27.0. The number of amides is 1. The number of carbonyl (C=O) groups excluding carboxylic acids is 1. The van der Waals surface area contributed by atoms with Crippen molar-refractivity contribution in [3.05, 3.63) is 60.8 Å². The van der Waals surface area contributed by atoms with E-state index in [0.717, 1.165) is 64.2 Å². The highest BCUT2D eigenvalue weighted by Crippen LogP contribution is 2.23. The molecule has 1 heterocycles. The molecule has 0 aromatic rings. The predicted octanol–water partition coefficient (Wildman–Crippen LogP) is 12.7. The van der Waals surface area contributed by atoms with Gasteiger partial charge in [-0.05, 0) is 77.0 Å². The van der Waals surface area contributed by atoms with Crippen LogP contribution in [-0.4, -0.2) is 87.5 Å². The van der Waals surface area contributed by atoms with Crippen molar-refractivity contribution in [3.8, 4) is 0 Å². The minimum Gasteiger partial charge on any atom is -0.394 e. The Kier molecular flexibility index (Phi) is 42.8. The van der Waals surface area contributed by atoms with Crippen LogP contribution >= 0.6 is 0 Å². The van der Waals surface area contributed by atoms with Crippen LogP contribution in [0.25, 0.3) is 0 Å². The summed E-state index contributed by atoms with van der Waals surface area (Å²) in [7, 11) is 0. The third-order valence-corrected chi connectivity index (χ3v) is 12.5. The van der Waals surface area contributed by atoms with Crippen molar-refractivity contribution >= 4 is 5.91 Å². The van der Waals surface area contributed by atoms with Crippen molar-refractivity contribution in [2.45, 2.75) is 275 Å². The standard InChI is InChI=1S/C56H101NO8/c1-3-5-7-9-11-13-15-17-19-21-23-25-27-29-31-33-35-37-39-41-43-45-50(59)49(48-64-56-55(63)54(62)53(61)51(47-58)65-56)57-52(60)46-44-42-40-38-36-34-32-30-28-26-24-22-20-18-16-14-12-10-8-6-4-2/h16,18,22,24,27,29,35,37,43,45,49-51,53-56,58-59,61-63H,3-15,17,19-21,23,25-26,28,30-34,36,38-42,44,46-48H2,1-2H3,(H,57,60)/b18-16-,24-22-,29-27+,37-35+,45-43+. The molecule has 1 fully saturated rings. The summed E-state index contributed by atoms with van der Waals surface area (Å²) in [4.78, 5) is 13.0. The second kappa shape index (κ2) is 45.7. The Labute approximate surface area is 398 Å². The first-order valence-electron chi connectivity index (χ1n) is 27.0. The molecule has 0 bridgehead atoms. The molecule has 1 aliphatic rings. The molecule has 7 unspecified atom stereocenters. The van der Waals surface area contributed by atoms with Crippen molar-refractivity contribution in [2.24, 2.45) is 0 Å². The highest BCUT2D eigenvalue weighted by molar-refractivity contribution is 5.76. The summed E-state index contributed by atoms with van der Waals surface area (Å²) in [6.45, 7) is 3.75. The number of aliphatic hydroxyl groups excluding tert-OH is 5. The van der Waals surface area contributed by atoms with Gasteiger partial charge in [-0.1, -0.05) is 209 Å². The summed E-state index contributed by atoms with van der Waals surface area (Å²) in [5.41, 5.74) is 0. The molecule has 1 amide bonds. The van der Waals surface area contributed by atoms with Crippen LogP contribution in [0, 0.1) is 0 Å². The Hall–Kier alpha value is -2.11. The Morgan fingerprint density at radius 2 is 0.923 bits per heavy atom. The van der Waals surface area contributed by atoms with Gasteiger partial charge in [0.1, 0.15) is 24.4 Å². The van der Waals surface area contributed by atoms with E-state index >= 15 is 0 Å². The summed E-state index contributed by atoms with van der Waals surface area (Å²) in [5.74, 6) is -0.196. The van der Waals surface area contributed by atoms with E-state index in [1.54, 1.807) is 6.08 Å². The number of unbranched alkanes of at least 4 members (excludes halogenated alkanes) is 27. The van der Waals surface area contributed by atoms with Crippen molar-refractivity contribution < 1.29 is 39.8 Å². The molecule has 0 aromatic carbocycles. The van der Waals surface area contributed by atoms with Crippen molar-refractivity contribution in [1.82, 2.24) is 5.32 Å². The third-order valence-electron chi connectivity index (χ3n) is 12.5. The first-order chi connectivity index (χ1) is 31.8. The molecular formula is C56H101NO8. The van der Waals surface area contributed by atoms with Gasteiger partial charge in [-0.25, -0.2) is 0 Å². The molecule has 0 aromatic heterocycles. The van der Waals surface area contributed by atoms with E-state index in [0.29, 0.717) is 6.42 Å². The molecule has 0 saturated carbocycles. The van der Waals surface area contributed by atoms with Crippen LogP contribution in [0.2, 0.25) is 0 Å². The molecule has 6 N–H and O–H groups in total. The monoisotopic (exact) mass is 916 g/mol.